The topological polar surface area (TPSA) is 38.1 Å². The Balaban J connectivity index is 1.56. The standard InChI is InChI=1S/C24H25FN2OS/c1-23-13-16-14-26-27(20-8-6-19(25)7-9-20)21(16)12-17(23)4-3-5-22(23)24(2,28)18-10-11-29-15-18/h6-12,14-15,22,28H,3-5,13H2,1-2H3/t22?,23-,24?/m0/s1. The van der Waals surface area contributed by atoms with E-state index in [-0.39, 0.29) is 17.2 Å². The minimum atomic E-state index is -0.862. The number of rotatable bonds is 3. The molecule has 2 unspecified atom stereocenters. The Morgan fingerprint density at radius 2 is 2.07 bits per heavy atom. The van der Waals surface area contributed by atoms with E-state index in [1.807, 2.05) is 29.2 Å². The van der Waals surface area contributed by atoms with Crippen molar-refractivity contribution in [2.24, 2.45) is 11.3 Å². The smallest absolute Gasteiger partial charge is 0.123 e. The maximum Gasteiger partial charge on any atom is 0.123 e. The summed E-state index contributed by atoms with van der Waals surface area (Å²) in [7, 11) is 0. The molecule has 0 aliphatic heterocycles. The molecule has 29 heavy (non-hydrogen) atoms. The van der Waals surface area contributed by atoms with E-state index in [0.29, 0.717) is 0 Å². The van der Waals surface area contributed by atoms with Gasteiger partial charge in [-0.05, 0) is 96.3 Å². The van der Waals surface area contributed by atoms with Crippen LogP contribution in [0.25, 0.3) is 11.8 Å². The van der Waals surface area contributed by atoms with Crippen LogP contribution in [0.15, 0.2) is 52.9 Å². The predicted molar refractivity (Wildman–Crippen MR) is 115 cm³/mol. The van der Waals surface area contributed by atoms with Gasteiger partial charge in [-0.2, -0.15) is 16.4 Å². The maximum absolute atomic E-state index is 13.3. The summed E-state index contributed by atoms with van der Waals surface area (Å²) < 4.78 is 15.3. The molecule has 5 rings (SSSR count). The summed E-state index contributed by atoms with van der Waals surface area (Å²) in [5.41, 5.74) is 4.58. The van der Waals surface area contributed by atoms with Gasteiger partial charge in [0.1, 0.15) is 5.82 Å². The molecule has 0 bridgehead atoms. The summed E-state index contributed by atoms with van der Waals surface area (Å²) in [5, 5.41) is 20.3. The van der Waals surface area contributed by atoms with Crippen LogP contribution >= 0.6 is 11.3 Å². The number of nitrogens with zero attached hydrogens (tertiary/aromatic N) is 2. The van der Waals surface area contributed by atoms with Crippen LogP contribution in [-0.4, -0.2) is 14.9 Å². The van der Waals surface area contributed by atoms with Crippen molar-refractivity contribution in [3.05, 3.63) is 75.5 Å². The highest BCUT2D eigenvalue weighted by Gasteiger charge is 2.51. The lowest BCUT2D eigenvalue weighted by Gasteiger charge is -2.51. The van der Waals surface area contributed by atoms with Crippen LogP contribution in [0.1, 0.15) is 49.9 Å². The first-order chi connectivity index (χ1) is 13.9. The highest BCUT2D eigenvalue weighted by atomic mass is 32.1. The van der Waals surface area contributed by atoms with Crippen molar-refractivity contribution >= 4 is 17.4 Å². The van der Waals surface area contributed by atoms with E-state index >= 15 is 0 Å². The van der Waals surface area contributed by atoms with Crippen molar-refractivity contribution in [2.45, 2.75) is 45.1 Å². The fourth-order valence-corrected chi connectivity index (χ4v) is 6.25. The molecular weight excluding hydrogens is 383 g/mol. The average Bonchev–Trinajstić information content (AvgIpc) is 3.36. The first-order valence-electron chi connectivity index (χ1n) is 10.2. The summed E-state index contributed by atoms with van der Waals surface area (Å²) in [5.74, 6) is -0.0987. The van der Waals surface area contributed by atoms with Gasteiger partial charge in [0.25, 0.3) is 0 Å². The maximum atomic E-state index is 13.3. The third-order valence-electron chi connectivity index (χ3n) is 7.05. The van der Waals surface area contributed by atoms with E-state index in [9.17, 15) is 9.50 Å². The van der Waals surface area contributed by atoms with Crippen molar-refractivity contribution < 1.29 is 9.50 Å². The monoisotopic (exact) mass is 408 g/mol. The molecule has 0 spiro atoms. The van der Waals surface area contributed by atoms with Gasteiger partial charge in [0, 0.05) is 5.92 Å². The van der Waals surface area contributed by atoms with E-state index in [4.69, 9.17) is 0 Å². The number of aromatic nitrogens is 2. The van der Waals surface area contributed by atoms with Gasteiger partial charge >= 0.3 is 0 Å². The van der Waals surface area contributed by atoms with E-state index in [1.165, 1.54) is 23.3 Å². The highest BCUT2D eigenvalue weighted by molar-refractivity contribution is 7.08. The Bertz CT molecular complexity index is 1070. The summed E-state index contributed by atoms with van der Waals surface area (Å²) in [6.45, 7) is 4.28. The number of fused-ring (bicyclic) bond motifs is 2. The van der Waals surface area contributed by atoms with Gasteiger partial charge in [-0.1, -0.05) is 12.5 Å². The lowest BCUT2D eigenvalue weighted by Crippen LogP contribution is -2.47. The third-order valence-corrected chi connectivity index (χ3v) is 7.74. The molecule has 1 N–H and O–H groups in total. The van der Waals surface area contributed by atoms with Crippen molar-refractivity contribution in [3.8, 4) is 5.69 Å². The molecule has 2 heterocycles. The van der Waals surface area contributed by atoms with E-state index < -0.39 is 5.60 Å². The molecular formula is C24H25FN2OS. The first-order valence-corrected chi connectivity index (χ1v) is 11.1. The van der Waals surface area contributed by atoms with Crippen molar-refractivity contribution in [3.63, 3.8) is 0 Å². The average molecular weight is 409 g/mol. The van der Waals surface area contributed by atoms with E-state index in [2.05, 4.69) is 23.5 Å². The van der Waals surface area contributed by atoms with Crippen LogP contribution in [-0.2, 0) is 12.0 Å². The van der Waals surface area contributed by atoms with E-state index in [1.54, 1.807) is 23.5 Å². The van der Waals surface area contributed by atoms with Gasteiger partial charge in [0.2, 0.25) is 0 Å². The van der Waals surface area contributed by atoms with Crippen LogP contribution in [0.4, 0.5) is 4.39 Å². The molecule has 1 aromatic carbocycles. The Labute approximate surface area is 174 Å². The fraction of sp³-hybridized carbons (Fsp3) is 0.375. The number of thiophene rings is 1. The normalized spacial score (nSPS) is 25.7. The summed E-state index contributed by atoms with van der Waals surface area (Å²) in [4.78, 5) is 0. The molecule has 2 aliphatic carbocycles. The Morgan fingerprint density at radius 3 is 2.79 bits per heavy atom. The Hall–Kier alpha value is -2.24. The zero-order chi connectivity index (χ0) is 20.2. The second-order valence-corrected chi connectivity index (χ2v) is 9.59. The van der Waals surface area contributed by atoms with Gasteiger partial charge < -0.3 is 5.11 Å². The highest BCUT2D eigenvalue weighted by Crippen LogP contribution is 2.56. The molecule has 0 saturated heterocycles. The molecule has 0 radical (unpaired) electrons. The number of halogens is 1. The Kier molecular flexibility index (Phi) is 4.30. The molecule has 3 atom stereocenters. The SMILES string of the molecule is CC(O)(c1ccsc1)C1CCCC2=Cc3c(cnn3-c3ccc(F)cc3)C[C@@]21C. The number of aliphatic hydroxyl groups is 1. The van der Waals surface area contributed by atoms with Crippen LogP contribution in [0, 0.1) is 17.2 Å². The zero-order valence-electron chi connectivity index (χ0n) is 16.7. The van der Waals surface area contributed by atoms with Crippen molar-refractivity contribution in [2.75, 3.05) is 0 Å². The zero-order valence-corrected chi connectivity index (χ0v) is 17.5. The number of hydrogen-bond acceptors (Lipinski definition) is 3. The summed E-state index contributed by atoms with van der Waals surface area (Å²) in [6.07, 6.45) is 8.19. The van der Waals surface area contributed by atoms with E-state index in [0.717, 1.165) is 42.6 Å². The minimum absolute atomic E-state index is 0.104. The molecule has 1 fully saturated rings. The molecule has 150 valence electrons. The van der Waals surface area contributed by atoms with Gasteiger partial charge in [-0.15, -0.1) is 0 Å². The fourth-order valence-electron chi connectivity index (χ4n) is 5.48. The molecule has 5 heteroatoms. The van der Waals surface area contributed by atoms with Crippen molar-refractivity contribution in [1.29, 1.82) is 0 Å². The van der Waals surface area contributed by atoms with Crippen molar-refractivity contribution in [1.82, 2.24) is 9.78 Å². The molecule has 2 aromatic heterocycles. The quantitative estimate of drug-likeness (QED) is 0.601. The van der Waals surface area contributed by atoms with Gasteiger partial charge in [-0.25, -0.2) is 9.07 Å². The molecule has 3 nitrogen and oxygen atoms in total. The largest absolute Gasteiger partial charge is 0.385 e. The number of benzene rings is 1. The number of hydrogen-bond donors (Lipinski definition) is 1. The number of allylic oxidation sites excluding steroid dienone is 1. The van der Waals surface area contributed by atoms with Gasteiger partial charge in [0.15, 0.2) is 0 Å². The molecule has 3 aromatic rings. The lowest BCUT2D eigenvalue weighted by molar-refractivity contribution is -0.0656. The first kappa shape index (κ1) is 18.8. The van der Waals surface area contributed by atoms with Crippen LogP contribution in [0.5, 0.6) is 0 Å². The second kappa shape index (κ2) is 6.64. The van der Waals surface area contributed by atoms with Crippen LogP contribution in [0.3, 0.4) is 0 Å². The summed E-state index contributed by atoms with van der Waals surface area (Å²) >= 11 is 1.63. The predicted octanol–water partition coefficient (Wildman–Crippen LogP) is 5.73. The Morgan fingerprint density at radius 1 is 1.28 bits per heavy atom. The summed E-state index contributed by atoms with van der Waals surface area (Å²) in [6, 6.07) is 8.52. The third kappa shape index (κ3) is 2.90. The molecule has 1 saturated carbocycles. The molecule has 0 amide bonds. The lowest BCUT2D eigenvalue weighted by atomic mass is 9.55. The minimum Gasteiger partial charge on any atom is -0.385 e. The van der Waals surface area contributed by atoms with Crippen LogP contribution in [0.2, 0.25) is 0 Å². The van der Waals surface area contributed by atoms with Gasteiger partial charge in [-0.3, -0.25) is 0 Å². The molecule has 2 aliphatic rings. The van der Waals surface area contributed by atoms with Crippen LogP contribution < -0.4 is 0 Å². The van der Waals surface area contributed by atoms with Gasteiger partial charge in [0.05, 0.1) is 23.2 Å². The second-order valence-electron chi connectivity index (χ2n) is 8.81.